The van der Waals surface area contributed by atoms with Gasteiger partial charge in [0.25, 0.3) is 0 Å². The molecule has 0 unspecified atom stereocenters. The van der Waals surface area contributed by atoms with E-state index in [2.05, 4.69) is 17.0 Å². The summed E-state index contributed by atoms with van der Waals surface area (Å²) in [4.78, 5) is 0. The second-order valence-electron chi connectivity index (χ2n) is 3.11. The van der Waals surface area contributed by atoms with Crippen LogP contribution in [-0.4, -0.2) is 16.3 Å². The first-order valence-corrected chi connectivity index (χ1v) is 3.98. The van der Waals surface area contributed by atoms with Gasteiger partial charge in [-0.1, -0.05) is 12.2 Å². The van der Waals surface area contributed by atoms with E-state index in [1.54, 1.807) is 0 Å². The molecular weight excluding hydrogens is 150 g/mol. The molecule has 12 heavy (non-hydrogen) atoms. The number of hydrogen-bond acceptors (Lipinski definition) is 2. The van der Waals surface area contributed by atoms with Crippen LogP contribution in [0.25, 0.3) is 0 Å². The summed E-state index contributed by atoms with van der Waals surface area (Å²) in [5, 5.41) is 7.42. The van der Waals surface area contributed by atoms with Gasteiger partial charge >= 0.3 is 0 Å². The third kappa shape index (κ3) is 2.12. The SMILES string of the molecule is C=C(C)CNc1cc(C)n(C)n1. The van der Waals surface area contributed by atoms with Crippen molar-refractivity contribution in [3.63, 3.8) is 0 Å². The second-order valence-corrected chi connectivity index (χ2v) is 3.11. The first kappa shape index (κ1) is 8.84. The summed E-state index contributed by atoms with van der Waals surface area (Å²) in [7, 11) is 1.93. The third-order valence-corrected chi connectivity index (χ3v) is 1.69. The molecule has 0 fully saturated rings. The Morgan fingerprint density at radius 3 is 2.83 bits per heavy atom. The Balaban J connectivity index is 2.58. The molecule has 0 atom stereocenters. The van der Waals surface area contributed by atoms with Crippen LogP contribution in [0.4, 0.5) is 5.82 Å². The zero-order valence-electron chi connectivity index (χ0n) is 7.89. The summed E-state index contributed by atoms with van der Waals surface area (Å²) in [5.74, 6) is 0.915. The molecule has 1 aromatic heterocycles. The van der Waals surface area contributed by atoms with Crippen LogP contribution in [0, 0.1) is 6.92 Å². The van der Waals surface area contributed by atoms with Gasteiger partial charge < -0.3 is 5.32 Å². The van der Waals surface area contributed by atoms with Crippen molar-refractivity contribution in [1.82, 2.24) is 9.78 Å². The van der Waals surface area contributed by atoms with E-state index in [9.17, 15) is 0 Å². The zero-order valence-corrected chi connectivity index (χ0v) is 7.89. The lowest BCUT2D eigenvalue weighted by molar-refractivity contribution is 0.741. The molecule has 0 aromatic carbocycles. The minimum absolute atomic E-state index is 0.788. The van der Waals surface area contributed by atoms with Crippen molar-refractivity contribution in [3.8, 4) is 0 Å². The third-order valence-electron chi connectivity index (χ3n) is 1.69. The highest BCUT2D eigenvalue weighted by molar-refractivity contribution is 5.36. The Labute approximate surface area is 73.1 Å². The van der Waals surface area contributed by atoms with Gasteiger partial charge in [-0.05, 0) is 13.8 Å². The van der Waals surface area contributed by atoms with Gasteiger partial charge in [0.05, 0.1) is 0 Å². The van der Waals surface area contributed by atoms with Gasteiger partial charge in [-0.3, -0.25) is 4.68 Å². The van der Waals surface area contributed by atoms with E-state index in [-0.39, 0.29) is 0 Å². The first-order chi connectivity index (χ1) is 5.59. The molecule has 66 valence electrons. The topological polar surface area (TPSA) is 29.9 Å². The monoisotopic (exact) mass is 165 g/mol. The van der Waals surface area contributed by atoms with Gasteiger partial charge in [0.1, 0.15) is 5.82 Å². The molecular formula is C9H15N3. The predicted octanol–water partition coefficient (Wildman–Crippen LogP) is 1.72. The van der Waals surface area contributed by atoms with Crippen molar-refractivity contribution in [3.05, 3.63) is 23.9 Å². The van der Waals surface area contributed by atoms with Crippen LogP contribution in [-0.2, 0) is 7.05 Å². The van der Waals surface area contributed by atoms with Crippen LogP contribution in [0.15, 0.2) is 18.2 Å². The predicted molar refractivity (Wildman–Crippen MR) is 51.2 cm³/mol. The van der Waals surface area contributed by atoms with Gasteiger partial charge in [-0.25, -0.2) is 0 Å². The summed E-state index contributed by atoms with van der Waals surface area (Å²) in [6, 6.07) is 2.02. The lowest BCUT2D eigenvalue weighted by Crippen LogP contribution is -2.02. The molecule has 0 aliphatic carbocycles. The normalized spacial score (nSPS) is 9.92. The molecule has 1 heterocycles. The molecule has 1 N–H and O–H groups in total. The van der Waals surface area contributed by atoms with Crippen molar-refractivity contribution >= 4 is 5.82 Å². The van der Waals surface area contributed by atoms with Crippen LogP contribution in [0.2, 0.25) is 0 Å². The minimum Gasteiger partial charge on any atom is -0.365 e. The molecule has 1 aromatic rings. The molecule has 0 aliphatic rings. The number of aromatic nitrogens is 2. The van der Waals surface area contributed by atoms with Crippen LogP contribution < -0.4 is 5.32 Å². The maximum absolute atomic E-state index is 4.25. The van der Waals surface area contributed by atoms with Gasteiger partial charge in [0.2, 0.25) is 0 Å². The van der Waals surface area contributed by atoms with Crippen molar-refractivity contribution in [1.29, 1.82) is 0 Å². The fourth-order valence-corrected chi connectivity index (χ4v) is 0.888. The summed E-state index contributed by atoms with van der Waals surface area (Å²) < 4.78 is 1.85. The standard InChI is InChI=1S/C9H15N3/c1-7(2)6-10-9-5-8(3)12(4)11-9/h5H,1,6H2,2-4H3,(H,10,11). The van der Waals surface area contributed by atoms with Crippen LogP contribution in [0.3, 0.4) is 0 Å². The van der Waals surface area contributed by atoms with E-state index in [1.165, 1.54) is 0 Å². The lowest BCUT2D eigenvalue weighted by atomic mass is 10.3. The van der Waals surface area contributed by atoms with Gasteiger partial charge in [0, 0.05) is 25.4 Å². The molecule has 0 spiro atoms. The van der Waals surface area contributed by atoms with Crippen LogP contribution >= 0.6 is 0 Å². The Bertz CT molecular complexity index is 266. The second kappa shape index (κ2) is 3.43. The summed E-state index contributed by atoms with van der Waals surface area (Å²) in [6.07, 6.45) is 0. The number of rotatable bonds is 3. The number of nitrogens with one attached hydrogen (secondary N) is 1. The molecule has 3 heteroatoms. The smallest absolute Gasteiger partial charge is 0.148 e. The molecule has 0 amide bonds. The fourth-order valence-electron chi connectivity index (χ4n) is 0.888. The van der Waals surface area contributed by atoms with E-state index in [1.807, 2.05) is 31.6 Å². The zero-order chi connectivity index (χ0) is 9.14. The van der Waals surface area contributed by atoms with E-state index < -0.39 is 0 Å². The van der Waals surface area contributed by atoms with Gasteiger partial charge in [-0.2, -0.15) is 5.10 Å². The largest absolute Gasteiger partial charge is 0.365 e. The number of anilines is 1. The van der Waals surface area contributed by atoms with Crippen molar-refractivity contribution in [2.24, 2.45) is 7.05 Å². The van der Waals surface area contributed by atoms with Crippen molar-refractivity contribution in [2.45, 2.75) is 13.8 Å². The highest BCUT2D eigenvalue weighted by atomic mass is 15.3. The molecule has 1 rings (SSSR count). The van der Waals surface area contributed by atoms with E-state index in [4.69, 9.17) is 0 Å². The Kier molecular flexibility index (Phi) is 2.53. The molecule has 0 saturated carbocycles. The molecule has 3 nitrogen and oxygen atoms in total. The maximum atomic E-state index is 4.25. The summed E-state index contributed by atoms with van der Waals surface area (Å²) in [6.45, 7) is 8.61. The highest BCUT2D eigenvalue weighted by Crippen LogP contribution is 2.06. The highest BCUT2D eigenvalue weighted by Gasteiger charge is 1.98. The van der Waals surface area contributed by atoms with Crippen LogP contribution in [0.1, 0.15) is 12.6 Å². The average molecular weight is 165 g/mol. The summed E-state index contributed by atoms with van der Waals surface area (Å²) in [5.41, 5.74) is 2.26. The van der Waals surface area contributed by atoms with Crippen LogP contribution in [0.5, 0.6) is 0 Å². The number of aryl methyl sites for hydroxylation is 2. The molecule has 0 bridgehead atoms. The quantitative estimate of drug-likeness (QED) is 0.691. The Morgan fingerprint density at radius 2 is 2.42 bits per heavy atom. The van der Waals surface area contributed by atoms with E-state index in [0.29, 0.717) is 0 Å². The van der Waals surface area contributed by atoms with Gasteiger partial charge in [0.15, 0.2) is 0 Å². The molecule has 0 radical (unpaired) electrons. The fraction of sp³-hybridized carbons (Fsp3) is 0.444. The lowest BCUT2D eigenvalue weighted by Gasteiger charge is -1.99. The maximum Gasteiger partial charge on any atom is 0.148 e. The first-order valence-electron chi connectivity index (χ1n) is 3.98. The average Bonchev–Trinajstić information content (AvgIpc) is 2.28. The Hall–Kier alpha value is -1.25. The van der Waals surface area contributed by atoms with E-state index >= 15 is 0 Å². The van der Waals surface area contributed by atoms with Crippen molar-refractivity contribution in [2.75, 3.05) is 11.9 Å². The number of hydrogen-bond donors (Lipinski definition) is 1. The number of nitrogens with zero attached hydrogens (tertiary/aromatic N) is 2. The summed E-state index contributed by atoms with van der Waals surface area (Å²) >= 11 is 0. The van der Waals surface area contributed by atoms with E-state index in [0.717, 1.165) is 23.6 Å². The van der Waals surface area contributed by atoms with Crippen molar-refractivity contribution < 1.29 is 0 Å². The van der Waals surface area contributed by atoms with Gasteiger partial charge in [-0.15, -0.1) is 0 Å². The Morgan fingerprint density at radius 1 is 1.75 bits per heavy atom. The molecule has 0 aliphatic heterocycles. The minimum atomic E-state index is 0.788. The molecule has 0 saturated heterocycles.